The van der Waals surface area contributed by atoms with Crippen LogP contribution in [0.25, 0.3) is 0 Å². The van der Waals surface area contributed by atoms with Crippen LogP contribution >= 0.6 is 0 Å². The number of hydrogen-bond donors (Lipinski definition) is 1. The molecule has 0 atom stereocenters. The third kappa shape index (κ3) is 5.42. The SMILES string of the molecule is CN=C(NCCCOCc1ccco1)N1CCN(c2ccccc2OC)CC1. The van der Waals surface area contributed by atoms with E-state index in [4.69, 9.17) is 13.9 Å². The molecule has 1 aromatic carbocycles. The van der Waals surface area contributed by atoms with E-state index in [1.165, 1.54) is 0 Å². The molecule has 1 fully saturated rings. The lowest BCUT2D eigenvalue weighted by Gasteiger charge is -2.38. The summed E-state index contributed by atoms with van der Waals surface area (Å²) in [6, 6.07) is 12.0. The lowest BCUT2D eigenvalue weighted by molar-refractivity contribution is 0.104. The van der Waals surface area contributed by atoms with Crippen LogP contribution in [0.3, 0.4) is 0 Å². The quantitative estimate of drug-likeness (QED) is 0.427. The molecule has 0 amide bonds. The van der Waals surface area contributed by atoms with E-state index in [9.17, 15) is 0 Å². The van der Waals surface area contributed by atoms with E-state index in [0.717, 1.165) is 62.3 Å². The number of anilines is 1. The van der Waals surface area contributed by atoms with Crippen molar-refractivity contribution in [3.8, 4) is 5.75 Å². The molecule has 1 saturated heterocycles. The van der Waals surface area contributed by atoms with Crippen LogP contribution in [0.1, 0.15) is 12.2 Å². The van der Waals surface area contributed by atoms with Gasteiger partial charge in [-0.25, -0.2) is 0 Å². The smallest absolute Gasteiger partial charge is 0.193 e. The predicted octanol–water partition coefficient (Wildman–Crippen LogP) is 2.59. The number of benzene rings is 1. The van der Waals surface area contributed by atoms with Crippen molar-refractivity contribution in [2.45, 2.75) is 13.0 Å². The van der Waals surface area contributed by atoms with Crippen LogP contribution in [0.15, 0.2) is 52.1 Å². The van der Waals surface area contributed by atoms with Gasteiger partial charge in [0.05, 0.1) is 19.1 Å². The van der Waals surface area contributed by atoms with Gasteiger partial charge in [0.25, 0.3) is 0 Å². The summed E-state index contributed by atoms with van der Waals surface area (Å²) in [4.78, 5) is 9.10. The molecule has 7 nitrogen and oxygen atoms in total. The Morgan fingerprint density at radius 2 is 1.96 bits per heavy atom. The van der Waals surface area contributed by atoms with Gasteiger partial charge in [-0.15, -0.1) is 0 Å². The van der Waals surface area contributed by atoms with E-state index in [-0.39, 0.29) is 0 Å². The molecule has 2 aromatic rings. The number of nitrogens with zero attached hydrogens (tertiary/aromatic N) is 3. The van der Waals surface area contributed by atoms with Crippen LogP contribution in [0.5, 0.6) is 5.75 Å². The van der Waals surface area contributed by atoms with Crippen molar-refractivity contribution in [2.75, 3.05) is 58.4 Å². The van der Waals surface area contributed by atoms with Gasteiger partial charge in [-0.05, 0) is 30.7 Å². The maximum atomic E-state index is 5.62. The molecule has 0 unspecified atom stereocenters. The maximum absolute atomic E-state index is 5.62. The van der Waals surface area contributed by atoms with Crippen LogP contribution in [0, 0.1) is 0 Å². The van der Waals surface area contributed by atoms with E-state index in [0.29, 0.717) is 13.2 Å². The normalized spacial score (nSPS) is 15.0. The summed E-state index contributed by atoms with van der Waals surface area (Å²) >= 11 is 0. The monoisotopic (exact) mass is 386 g/mol. The topological polar surface area (TPSA) is 62.5 Å². The fourth-order valence-corrected chi connectivity index (χ4v) is 3.32. The van der Waals surface area contributed by atoms with E-state index >= 15 is 0 Å². The number of rotatable bonds is 8. The Balaban J connectivity index is 1.37. The molecule has 1 aliphatic heterocycles. The summed E-state index contributed by atoms with van der Waals surface area (Å²) < 4.78 is 16.4. The number of methoxy groups -OCH3 is 1. The van der Waals surface area contributed by atoms with Crippen molar-refractivity contribution in [3.63, 3.8) is 0 Å². The average Bonchev–Trinajstić information content (AvgIpc) is 3.27. The van der Waals surface area contributed by atoms with Gasteiger partial charge in [-0.1, -0.05) is 12.1 Å². The minimum absolute atomic E-state index is 0.520. The molecule has 0 aliphatic carbocycles. The highest BCUT2D eigenvalue weighted by molar-refractivity contribution is 5.80. The summed E-state index contributed by atoms with van der Waals surface area (Å²) in [5, 5.41) is 3.44. The molecule has 1 N–H and O–H groups in total. The molecule has 0 saturated carbocycles. The Bertz CT molecular complexity index is 725. The summed E-state index contributed by atoms with van der Waals surface area (Å²) in [6.45, 7) is 5.76. The summed E-state index contributed by atoms with van der Waals surface area (Å²) in [7, 11) is 3.56. The van der Waals surface area contributed by atoms with Crippen molar-refractivity contribution in [1.29, 1.82) is 0 Å². The van der Waals surface area contributed by atoms with Crippen molar-refractivity contribution in [3.05, 3.63) is 48.4 Å². The van der Waals surface area contributed by atoms with Crippen LogP contribution in [0.4, 0.5) is 5.69 Å². The lowest BCUT2D eigenvalue weighted by atomic mass is 10.2. The van der Waals surface area contributed by atoms with Crippen molar-refractivity contribution in [2.24, 2.45) is 4.99 Å². The molecule has 152 valence electrons. The van der Waals surface area contributed by atoms with Gasteiger partial charge in [-0.2, -0.15) is 0 Å². The van der Waals surface area contributed by atoms with Gasteiger partial charge in [-0.3, -0.25) is 4.99 Å². The second kappa shape index (κ2) is 10.6. The highest BCUT2D eigenvalue weighted by Gasteiger charge is 2.21. The van der Waals surface area contributed by atoms with Crippen molar-refractivity contribution in [1.82, 2.24) is 10.2 Å². The van der Waals surface area contributed by atoms with Gasteiger partial charge in [0, 0.05) is 46.4 Å². The summed E-state index contributed by atoms with van der Waals surface area (Å²) in [5.74, 6) is 2.73. The van der Waals surface area contributed by atoms with Gasteiger partial charge in [0.2, 0.25) is 0 Å². The first-order valence-electron chi connectivity index (χ1n) is 9.75. The number of para-hydroxylation sites is 2. The Morgan fingerprint density at radius 3 is 2.68 bits per heavy atom. The fourth-order valence-electron chi connectivity index (χ4n) is 3.32. The number of piperazine rings is 1. The van der Waals surface area contributed by atoms with E-state index in [1.807, 2.05) is 31.3 Å². The van der Waals surface area contributed by atoms with E-state index < -0.39 is 0 Å². The zero-order valence-electron chi connectivity index (χ0n) is 16.8. The second-order valence-corrected chi connectivity index (χ2v) is 6.61. The number of aliphatic imine (C=N–C) groups is 1. The second-order valence-electron chi connectivity index (χ2n) is 6.61. The van der Waals surface area contributed by atoms with Crippen LogP contribution in [-0.4, -0.2) is 64.3 Å². The zero-order valence-corrected chi connectivity index (χ0v) is 16.8. The van der Waals surface area contributed by atoms with Crippen molar-refractivity contribution < 1.29 is 13.9 Å². The van der Waals surface area contributed by atoms with Crippen LogP contribution < -0.4 is 15.0 Å². The lowest BCUT2D eigenvalue weighted by Crippen LogP contribution is -2.52. The number of ether oxygens (including phenoxy) is 2. The Morgan fingerprint density at radius 1 is 1.14 bits per heavy atom. The van der Waals surface area contributed by atoms with E-state index in [1.54, 1.807) is 13.4 Å². The Labute approximate surface area is 166 Å². The van der Waals surface area contributed by atoms with Gasteiger partial charge in [0.1, 0.15) is 18.1 Å². The molecule has 0 radical (unpaired) electrons. The molecule has 0 spiro atoms. The molecule has 7 heteroatoms. The Hall–Kier alpha value is -2.67. The molecule has 0 bridgehead atoms. The summed E-state index contributed by atoms with van der Waals surface area (Å²) in [6.07, 6.45) is 2.58. The van der Waals surface area contributed by atoms with Crippen LogP contribution in [-0.2, 0) is 11.3 Å². The molecular weight excluding hydrogens is 356 g/mol. The standard InChI is InChI=1S/C21H30N4O3/c1-22-21(23-10-6-15-27-17-18-7-5-16-28-18)25-13-11-24(12-14-25)19-8-3-4-9-20(19)26-2/h3-5,7-9,16H,6,10-15,17H2,1-2H3,(H,22,23). The number of nitrogens with one attached hydrogen (secondary N) is 1. The average molecular weight is 386 g/mol. The first kappa shape index (κ1) is 20.1. The Kier molecular flexibility index (Phi) is 7.61. The minimum atomic E-state index is 0.520. The van der Waals surface area contributed by atoms with Gasteiger partial charge >= 0.3 is 0 Å². The number of furan rings is 1. The first-order chi connectivity index (χ1) is 13.8. The molecule has 2 heterocycles. The van der Waals surface area contributed by atoms with Gasteiger partial charge in [0.15, 0.2) is 5.96 Å². The highest BCUT2D eigenvalue weighted by Crippen LogP contribution is 2.28. The third-order valence-electron chi connectivity index (χ3n) is 4.79. The first-order valence-corrected chi connectivity index (χ1v) is 9.75. The molecule has 1 aliphatic rings. The number of hydrogen-bond acceptors (Lipinski definition) is 5. The van der Waals surface area contributed by atoms with Crippen LogP contribution in [0.2, 0.25) is 0 Å². The largest absolute Gasteiger partial charge is 0.495 e. The number of guanidine groups is 1. The predicted molar refractivity (Wildman–Crippen MR) is 111 cm³/mol. The molecule has 3 rings (SSSR count). The molecule has 28 heavy (non-hydrogen) atoms. The zero-order chi connectivity index (χ0) is 19.6. The molecule has 1 aromatic heterocycles. The minimum Gasteiger partial charge on any atom is -0.495 e. The van der Waals surface area contributed by atoms with Gasteiger partial charge < -0.3 is 29.0 Å². The maximum Gasteiger partial charge on any atom is 0.193 e. The third-order valence-corrected chi connectivity index (χ3v) is 4.79. The molecular formula is C21H30N4O3. The fraction of sp³-hybridized carbons (Fsp3) is 0.476. The highest BCUT2D eigenvalue weighted by atomic mass is 16.5. The summed E-state index contributed by atoms with van der Waals surface area (Å²) in [5.41, 5.74) is 1.15. The van der Waals surface area contributed by atoms with Crippen molar-refractivity contribution >= 4 is 11.6 Å². The van der Waals surface area contributed by atoms with E-state index in [2.05, 4.69) is 32.2 Å².